The molecule has 1 aliphatic heterocycles. The summed E-state index contributed by atoms with van der Waals surface area (Å²) >= 11 is 0. The third-order valence-corrected chi connectivity index (χ3v) is 10.4. The highest BCUT2D eigenvalue weighted by molar-refractivity contribution is 6.17. The van der Waals surface area contributed by atoms with Crippen LogP contribution in [-0.4, -0.2) is 11.5 Å². The van der Waals surface area contributed by atoms with Crippen molar-refractivity contribution >= 4 is 61.1 Å². The molecule has 0 aliphatic carbocycles. The first-order chi connectivity index (χ1) is 26.2. The van der Waals surface area contributed by atoms with Gasteiger partial charge >= 0.3 is 0 Å². The topological polar surface area (TPSA) is 51.0 Å². The molecule has 0 atom stereocenters. The molecule has 4 heteroatoms. The van der Waals surface area contributed by atoms with Crippen LogP contribution < -0.4 is 0 Å². The minimum absolute atomic E-state index is 0.712. The van der Waals surface area contributed by atoms with Crippen molar-refractivity contribution in [3.63, 3.8) is 0 Å². The van der Waals surface area contributed by atoms with Gasteiger partial charge in [-0.2, -0.15) is 0 Å². The number of allylic oxidation sites excluding steroid dienone is 1. The summed E-state index contributed by atoms with van der Waals surface area (Å²) in [7, 11) is 0. The lowest BCUT2D eigenvalue weighted by atomic mass is 9.97. The van der Waals surface area contributed by atoms with Crippen LogP contribution in [0.1, 0.15) is 36.5 Å². The van der Waals surface area contributed by atoms with Crippen LogP contribution in [0.15, 0.2) is 188 Å². The van der Waals surface area contributed by atoms with Gasteiger partial charge in [0.05, 0.1) is 11.4 Å². The maximum absolute atomic E-state index is 6.74. The highest BCUT2D eigenvalue weighted by atomic mass is 16.3. The van der Waals surface area contributed by atoms with E-state index in [-0.39, 0.29) is 0 Å². The first kappa shape index (κ1) is 31.0. The third kappa shape index (κ3) is 5.47. The molecule has 0 amide bonds. The van der Waals surface area contributed by atoms with Gasteiger partial charge in [-0.3, -0.25) is 0 Å². The number of fused-ring (bicyclic) bond motifs is 6. The van der Waals surface area contributed by atoms with Crippen molar-refractivity contribution in [2.24, 2.45) is 9.98 Å². The SMILES string of the molecule is C/C1=C(/c2ccccc2)N=C(c2ccccc2)N=C(c2ccc3c(c2)oc2ccc(-c4cccc5c4oc4c(-c6ccccc6)cccc45)cc23)CC1. The normalized spacial score (nSPS) is 15.1. The summed E-state index contributed by atoms with van der Waals surface area (Å²) in [6.45, 7) is 2.19. The lowest BCUT2D eigenvalue weighted by Crippen LogP contribution is -2.10. The molecule has 0 radical (unpaired) electrons. The molecule has 3 heterocycles. The zero-order valence-electron chi connectivity index (χ0n) is 29.2. The summed E-state index contributed by atoms with van der Waals surface area (Å²) in [6.07, 6.45) is 1.65. The van der Waals surface area contributed by atoms with Gasteiger partial charge in [-0.15, -0.1) is 0 Å². The zero-order valence-corrected chi connectivity index (χ0v) is 29.2. The Hall–Kier alpha value is -6.78. The molecule has 4 nitrogen and oxygen atoms in total. The van der Waals surface area contributed by atoms with Crippen molar-refractivity contribution in [2.75, 3.05) is 0 Å². The van der Waals surface area contributed by atoms with Gasteiger partial charge in [-0.1, -0.05) is 140 Å². The highest BCUT2D eigenvalue weighted by Crippen LogP contribution is 2.41. The van der Waals surface area contributed by atoms with E-state index in [0.717, 1.165) is 107 Å². The Morgan fingerprint density at radius 2 is 1.04 bits per heavy atom. The van der Waals surface area contributed by atoms with Crippen molar-refractivity contribution in [3.8, 4) is 22.3 Å². The van der Waals surface area contributed by atoms with Gasteiger partial charge < -0.3 is 8.83 Å². The first-order valence-electron chi connectivity index (χ1n) is 18.1. The Morgan fingerprint density at radius 1 is 0.415 bits per heavy atom. The average Bonchev–Trinajstić information content (AvgIpc) is 3.78. The smallest absolute Gasteiger partial charge is 0.160 e. The maximum atomic E-state index is 6.74. The van der Waals surface area contributed by atoms with E-state index in [1.165, 1.54) is 5.57 Å². The fourth-order valence-corrected chi connectivity index (χ4v) is 7.68. The number of hydrogen-bond acceptors (Lipinski definition) is 4. The minimum Gasteiger partial charge on any atom is -0.456 e. The van der Waals surface area contributed by atoms with Gasteiger partial charge in [-0.05, 0) is 66.3 Å². The van der Waals surface area contributed by atoms with Crippen molar-refractivity contribution in [2.45, 2.75) is 19.8 Å². The Kier molecular flexibility index (Phi) is 7.47. The predicted octanol–water partition coefficient (Wildman–Crippen LogP) is 13.3. The summed E-state index contributed by atoms with van der Waals surface area (Å²) in [5, 5.41) is 4.36. The number of rotatable bonds is 5. The van der Waals surface area contributed by atoms with E-state index < -0.39 is 0 Å². The van der Waals surface area contributed by atoms with E-state index in [1.807, 2.05) is 30.3 Å². The predicted molar refractivity (Wildman–Crippen MR) is 220 cm³/mol. The van der Waals surface area contributed by atoms with E-state index in [4.69, 9.17) is 18.8 Å². The molecule has 0 unspecified atom stereocenters. The van der Waals surface area contributed by atoms with Crippen molar-refractivity contribution in [1.29, 1.82) is 0 Å². The third-order valence-electron chi connectivity index (χ3n) is 10.4. The molecule has 0 spiro atoms. The second-order valence-corrected chi connectivity index (χ2v) is 13.7. The number of hydrogen-bond donors (Lipinski definition) is 0. The average molecular weight is 683 g/mol. The Labute approximate surface area is 307 Å². The quantitative estimate of drug-likeness (QED) is 0.181. The summed E-state index contributed by atoms with van der Waals surface area (Å²) in [5.41, 5.74) is 14.2. The second kappa shape index (κ2) is 12.8. The van der Waals surface area contributed by atoms with Gasteiger partial charge in [0.25, 0.3) is 0 Å². The molecule has 0 saturated carbocycles. The van der Waals surface area contributed by atoms with Crippen LogP contribution in [0.25, 0.3) is 71.8 Å². The van der Waals surface area contributed by atoms with Crippen LogP contribution in [-0.2, 0) is 0 Å². The minimum atomic E-state index is 0.712. The van der Waals surface area contributed by atoms with Gasteiger partial charge in [0.1, 0.15) is 22.3 Å². The van der Waals surface area contributed by atoms with Crippen molar-refractivity contribution in [3.05, 3.63) is 186 Å². The number of para-hydroxylation sites is 2. The van der Waals surface area contributed by atoms with Crippen LogP contribution in [0.2, 0.25) is 0 Å². The van der Waals surface area contributed by atoms with E-state index in [0.29, 0.717) is 5.84 Å². The molecule has 0 N–H and O–H groups in total. The molecule has 0 bridgehead atoms. The number of nitrogens with zero attached hydrogens (tertiary/aromatic N) is 2. The molecular formula is C49H34N2O2. The number of aliphatic imine (C=N–C) groups is 2. The van der Waals surface area contributed by atoms with E-state index in [1.54, 1.807) is 0 Å². The van der Waals surface area contributed by atoms with Crippen LogP contribution in [0.4, 0.5) is 0 Å². The molecule has 53 heavy (non-hydrogen) atoms. The summed E-state index contributed by atoms with van der Waals surface area (Å²) in [5.74, 6) is 0.712. The molecule has 0 fully saturated rings. The van der Waals surface area contributed by atoms with Gasteiger partial charge in [0.15, 0.2) is 5.84 Å². The fraction of sp³-hybridized carbons (Fsp3) is 0.0612. The molecular weight excluding hydrogens is 649 g/mol. The molecule has 9 aromatic rings. The van der Waals surface area contributed by atoms with Gasteiger partial charge in [0, 0.05) is 43.8 Å². The first-order valence-corrected chi connectivity index (χ1v) is 18.1. The summed E-state index contributed by atoms with van der Waals surface area (Å²) < 4.78 is 13.3. The van der Waals surface area contributed by atoms with Crippen LogP contribution in [0.3, 0.4) is 0 Å². The Morgan fingerprint density at radius 3 is 1.74 bits per heavy atom. The lowest BCUT2D eigenvalue weighted by Gasteiger charge is -2.16. The fourth-order valence-electron chi connectivity index (χ4n) is 7.68. The van der Waals surface area contributed by atoms with E-state index in [2.05, 4.69) is 140 Å². The van der Waals surface area contributed by atoms with Gasteiger partial charge in [-0.25, -0.2) is 9.98 Å². The summed E-state index contributed by atoms with van der Waals surface area (Å²) in [4.78, 5) is 10.5. The Bertz CT molecular complexity index is 2930. The van der Waals surface area contributed by atoms with Crippen molar-refractivity contribution < 1.29 is 8.83 Å². The molecule has 0 saturated heterocycles. The van der Waals surface area contributed by atoms with E-state index in [9.17, 15) is 0 Å². The Balaban J connectivity index is 1.06. The highest BCUT2D eigenvalue weighted by Gasteiger charge is 2.19. The maximum Gasteiger partial charge on any atom is 0.160 e. The largest absolute Gasteiger partial charge is 0.456 e. The molecule has 2 aromatic heterocycles. The molecule has 252 valence electrons. The second-order valence-electron chi connectivity index (χ2n) is 13.7. The summed E-state index contributed by atoms with van der Waals surface area (Å²) in [6, 6.07) is 56.8. The monoisotopic (exact) mass is 682 g/mol. The number of benzene rings is 7. The number of furan rings is 2. The van der Waals surface area contributed by atoms with Crippen molar-refractivity contribution in [1.82, 2.24) is 0 Å². The van der Waals surface area contributed by atoms with E-state index >= 15 is 0 Å². The van der Waals surface area contributed by atoms with Gasteiger partial charge in [0.2, 0.25) is 0 Å². The number of amidine groups is 1. The van der Waals surface area contributed by atoms with Crippen LogP contribution >= 0.6 is 0 Å². The zero-order chi connectivity index (χ0) is 35.3. The molecule has 7 aromatic carbocycles. The van der Waals surface area contributed by atoms with Crippen LogP contribution in [0.5, 0.6) is 0 Å². The standard InChI is InChI=1S/C49H34N2O2/c1-31-23-27-43(50-49(34-17-9-4-10-18-34)51-46(31)33-15-7-3-8-16-33)36-24-26-39-42-29-35(25-28-44(42)52-45(39)30-36)38-20-12-22-41-40-21-11-19-37(47(40)53-48(38)41)32-13-5-2-6-14-32/h2-22,24-26,28-30H,23,27H2,1H3/b46-31+,50-43?,51-49?. The molecule has 10 rings (SSSR count). The molecule has 1 aliphatic rings. The van der Waals surface area contributed by atoms with Crippen LogP contribution in [0, 0.1) is 0 Å². The lowest BCUT2D eigenvalue weighted by molar-refractivity contribution is 0.668.